The molecule has 0 saturated heterocycles. The van der Waals surface area contributed by atoms with Crippen LogP contribution in [0.4, 0.5) is 11.6 Å². The number of nitrogens with one attached hydrogen (secondary N) is 1. The number of aliphatic carboxylic acids is 1. The first-order valence-electron chi connectivity index (χ1n) is 5.59. The third kappa shape index (κ3) is 3.55. The Kier molecular flexibility index (Phi) is 3.86. The van der Waals surface area contributed by atoms with Gasteiger partial charge in [0, 0.05) is 24.5 Å². The smallest absolute Gasteiger partial charge is 0.303 e. The second-order valence-corrected chi connectivity index (χ2v) is 3.79. The van der Waals surface area contributed by atoms with Crippen molar-refractivity contribution in [1.29, 1.82) is 0 Å². The van der Waals surface area contributed by atoms with Crippen LogP contribution in [0, 0.1) is 0 Å². The summed E-state index contributed by atoms with van der Waals surface area (Å²) in [6.07, 6.45) is 4.01. The van der Waals surface area contributed by atoms with Crippen molar-refractivity contribution in [2.75, 3.05) is 5.32 Å². The number of aromatic nitrogens is 2. The largest absolute Gasteiger partial charge is 0.481 e. The fourth-order valence-electron chi connectivity index (χ4n) is 1.50. The molecule has 0 bridgehead atoms. The van der Waals surface area contributed by atoms with E-state index < -0.39 is 5.97 Å². The molecule has 92 valence electrons. The van der Waals surface area contributed by atoms with E-state index in [0.29, 0.717) is 12.4 Å². The summed E-state index contributed by atoms with van der Waals surface area (Å²) in [5, 5.41) is 11.7. The first kappa shape index (κ1) is 12.0. The van der Waals surface area contributed by atoms with Gasteiger partial charge in [0.25, 0.3) is 0 Å². The number of carbonyl (C=O) groups is 1. The van der Waals surface area contributed by atoms with E-state index in [1.165, 1.54) is 0 Å². The van der Waals surface area contributed by atoms with E-state index in [-0.39, 0.29) is 6.42 Å². The number of carboxylic acids is 1. The van der Waals surface area contributed by atoms with Crippen LogP contribution in [0.3, 0.4) is 0 Å². The Morgan fingerprint density at radius 2 is 1.83 bits per heavy atom. The zero-order valence-corrected chi connectivity index (χ0v) is 9.71. The number of nitrogens with zero attached hydrogens (tertiary/aromatic N) is 2. The topological polar surface area (TPSA) is 75.1 Å². The molecular weight excluding hydrogens is 230 g/mol. The quantitative estimate of drug-likeness (QED) is 0.842. The van der Waals surface area contributed by atoms with Crippen molar-refractivity contribution in [1.82, 2.24) is 9.97 Å². The van der Waals surface area contributed by atoms with Crippen LogP contribution in [0.5, 0.6) is 0 Å². The predicted molar refractivity (Wildman–Crippen MR) is 67.7 cm³/mol. The third-order valence-corrected chi connectivity index (χ3v) is 2.40. The SMILES string of the molecule is O=C(O)CCc1ccc(Nc2ncccn2)cc1. The summed E-state index contributed by atoms with van der Waals surface area (Å²) in [6.45, 7) is 0. The average Bonchev–Trinajstić information content (AvgIpc) is 2.39. The van der Waals surface area contributed by atoms with Crippen LogP contribution in [-0.4, -0.2) is 21.0 Å². The van der Waals surface area contributed by atoms with E-state index in [1.807, 2.05) is 24.3 Å². The van der Waals surface area contributed by atoms with Crippen molar-refractivity contribution in [2.45, 2.75) is 12.8 Å². The molecular formula is C13H13N3O2. The monoisotopic (exact) mass is 243 g/mol. The highest BCUT2D eigenvalue weighted by Gasteiger charge is 2.00. The van der Waals surface area contributed by atoms with Gasteiger partial charge in [0.05, 0.1) is 0 Å². The molecule has 0 fully saturated rings. The first-order chi connectivity index (χ1) is 8.74. The summed E-state index contributed by atoms with van der Waals surface area (Å²) in [7, 11) is 0. The number of benzene rings is 1. The summed E-state index contributed by atoms with van der Waals surface area (Å²) < 4.78 is 0. The van der Waals surface area contributed by atoms with Crippen LogP contribution in [-0.2, 0) is 11.2 Å². The maximum atomic E-state index is 10.5. The molecule has 2 N–H and O–H groups in total. The molecule has 0 radical (unpaired) electrons. The van der Waals surface area contributed by atoms with Gasteiger partial charge in [0.2, 0.25) is 5.95 Å². The van der Waals surface area contributed by atoms with Crippen molar-refractivity contribution >= 4 is 17.6 Å². The molecule has 2 aromatic rings. The minimum Gasteiger partial charge on any atom is -0.481 e. The van der Waals surface area contributed by atoms with Crippen molar-refractivity contribution in [3.05, 3.63) is 48.3 Å². The minimum absolute atomic E-state index is 0.147. The molecule has 5 heteroatoms. The second-order valence-electron chi connectivity index (χ2n) is 3.79. The van der Waals surface area contributed by atoms with Crippen LogP contribution in [0.25, 0.3) is 0 Å². The van der Waals surface area contributed by atoms with Crippen molar-refractivity contribution < 1.29 is 9.90 Å². The standard InChI is InChI=1S/C13H13N3O2/c17-12(18)7-4-10-2-5-11(6-3-10)16-13-14-8-1-9-15-13/h1-3,5-6,8-9H,4,7H2,(H,17,18)(H,14,15,16). The fourth-order valence-corrected chi connectivity index (χ4v) is 1.50. The predicted octanol–water partition coefficient (Wildman–Crippen LogP) is 2.24. The second kappa shape index (κ2) is 5.77. The molecule has 1 aromatic heterocycles. The average molecular weight is 243 g/mol. The molecule has 0 aliphatic carbocycles. The lowest BCUT2D eigenvalue weighted by Gasteiger charge is -2.05. The van der Waals surface area contributed by atoms with Gasteiger partial charge in [0.1, 0.15) is 0 Å². The highest BCUT2D eigenvalue weighted by Crippen LogP contribution is 2.14. The van der Waals surface area contributed by atoms with Crippen molar-refractivity contribution in [3.8, 4) is 0 Å². The lowest BCUT2D eigenvalue weighted by molar-refractivity contribution is -0.136. The van der Waals surface area contributed by atoms with Crippen molar-refractivity contribution in [3.63, 3.8) is 0 Å². The van der Waals surface area contributed by atoms with Gasteiger partial charge >= 0.3 is 5.97 Å². The number of carboxylic acid groups (broad SMARTS) is 1. The zero-order chi connectivity index (χ0) is 12.8. The molecule has 1 heterocycles. The number of rotatable bonds is 5. The normalized spacial score (nSPS) is 10.0. The molecule has 0 saturated carbocycles. The molecule has 0 unspecified atom stereocenters. The lowest BCUT2D eigenvalue weighted by Crippen LogP contribution is -1.98. The maximum absolute atomic E-state index is 10.5. The van der Waals surface area contributed by atoms with Crippen LogP contribution in [0.15, 0.2) is 42.7 Å². The maximum Gasteiger partial charge on any atom is 0.303 e. The van der Waals surface area contributed by atoms with E-state index in [1.54, 1.807) is 18.5 Å². The molecule has 0 aliphatic heterocycles. The molecule has 1 aromatic carbocycles. The number of hydrogen-bond acceptors (Lipinski definition) is 4. The summed E-state index contributed by atoms with van der Waals surface area (Å²) in [5.74, 6) is -0.245. The molecule has 18 heavy (non-hydrogen) atoms. The van der Waals surface area contributed by atoms with Crippen LogP contribution >= 0.6 is 0 Å². The number of hydrogen-bond donors (Lipinski definition) is 2. The molecule has 0 aliphatic rings. The highest BCUT2D eigenvalue weighted by molar-refractivity contribution is 5.67. The van der Waals surface area contributed by atoms with E-state index in [4.69, 9.17) is 5.11 Å². The van der Waals surface area contributed by atoms with Gasteiger partial charge in [-0.3, -0.25) is 4.79 Å². The number of anilines is 2. The van der Waals surface area contributed by atoms with E-state index in [2.05, 4.69) is 15.3 Å². The lowest BCUT2D eigenvalue weighted by atomic mass is 10.1. The molecule has 5 nitrogen and oxygen atoms in total. The van der Waals surface area contributed by atoms with Gasteiger partial charge in [0.15, 0.2) is 0 Å². The Hall–Kier alpha value is -2.43. The fraction of sp³-hybridized carbons (Fsp3) is 0.154. The summed E-state index contributed by atoms with van der Waals surface area (Å²) in [6, 6.07) is 9.31. The molecule has 0 spiro atoms. The first-order valence-corrected chi connectivity index (χ1v) is 5.59. The van der Waals surface area contributed by atoms with Gasteiger partial charge in [-0.2, -0.15) is 0 Å². The third-order valence-electron chi connectivity index (χ3n) is 2.40. The Bertz CT molecular complexity index is 512. The Balaban J connectivity index is 1.97. The van der Waals surface area contributed by atoms with Gasteiger partial charge in [-0.15, -0.1) is 0 Å². The highest BCUT2D eigenvalue weighted by atomic mass is 16.4. The number of aryl methyl sites for hydroxylation is 1. The van der Waals surface area contributed by atoms with Crippen LogP contribution in [0.2, 0.25) is 0 Å². The van der Waals surface area contributed by atoms with Gasteiger partial charge in [-0.05, 0) is 30.2 Å². The van der Waals surface area contributed by atoms with E-state index in [9.17, 15) is 4.79 Å². The van der Waals surface area contributed by atoms with Crippen LogP contribution < -0.4 is 5.32 Å². The molecule has 0 amide bonds. The summed E-state index contributed by atoms with van der Waals surface area (Å²) >= 11 is 0. The summed E-state index contributed by atoms with van der Waals surface area (Å²) in [4.78, 5) is 18.6. The van der Waals surface area contributed by atoms with Crippen LogP contribution in [0.1, 0.15) is 12.0 Å². The van der Waals surface area contributed by atoms with E-state index in [0.717, 1.165) is 11.3 Å². The Labute approximate surface area is 105 Å². The van der Waals surface area contributed by atoms with Gasteiger partial charge in [-0.25, -0.2) is 9.97 Å². The summed E-state index contributed by atoms with van der Waals surface area (Å²) in [5.41, 5.74) is 1.87. The molecule has 0 atom stereocenters. The van der Waals surface area contributed by atoms with Gasteiger partial charge < -0.3 is 10.4 Å². The van der Waals surface area contributed by atoms with Crippen molar-refractivity contribution in [2.24, 2.45) is 0 Å². The zero-order valence-electron chi connectivity index (χ0n) is 9.71. The molecule has 2 rings (SSSR count). The van der Waals surface area contributed by atoms with Gasteiger partial charge in [-0.1, -0.05) is 12.1 Å². The Morgan fingerprint density at radius 3 is 2.44 bits per heavy atom. The minimum atomic E-state index is -0.783. The Morgan fingerprint density at radius 1 is 1.17 bits per heavy atom. The van der Waals surface area contributed by atoms with E-state index >= 15 is 0 Å².